The maximum absolute atomic E-state index is 12.4. The normalized spacial score (nSPS) is 10.9. The Morgan fingerprint density at radius 3 is 2.22 bits per heavy atom. The smallest absolute Gasteiger partial charge is 0.343 e. The highest BCUT2D eigenvalue weighted by molar-refractivity contribution is 5.91. The van der Waals surface area contributed by atoms with Crippen molar-refractivity contribution in [3.05, 3.63) is 29.8 Å². The summed E-state index contributed by atoms with van der Waals surface area (Å²) >= 11 is 0. The SMILES string of the molecule is CCC(CC)(Cc1ccc(N)cc1)C(=O)NOC(=O)CC(=O)O. The van der Waals surface area contributed by atoms with Gasteiger partial charge in [-0.25, -0.2) is 4.79 Å². The lowest BCUT2D eigenvalue weighted by atomic mass is 9.76. The second-order valence-corrected chi connectivity index (χ2v) is 5.38. The molecule has 0 saturated carbocycles. The van der Waals surface area contributed by atoms with Gasteiger partial charge >= 0.3 is 11.9 Å². The predicted octanol–water partition coefficient (Wildman–Crippen LogP) is 1.67. The Balaban J connectivity index is 2.78. The number of carbonyl (C=O) groups is 3. The van der Waals surface area contributed by atoms with Crippen molar-refractivity contribution in [2.24, 2.45) is 5.41 Å². The Bertz CT molecular complexity index is 564. The third-order valence-corrected chi connectivity index (χ3v) is 3.91. The van der Waals surface area contributed by atoms with Gasteiger partial charge in [0.25, 0.3) is 5.91 Å². The lowest BCUT2D eigenvalue weighted by Crippen LogP contribution is -2.43. The van der Waals surface area contributed by atoms with Crippen LogP contribution in [0.1, 0.15) is 38.7 Å². The summed E-state index contributed by atoms with van der Waals surface area (Å²) in [7, 11) is 0. The second kappa shape index (κ2) is 8.17. The second-order valence-electron chi connectivity index (χ2n) is 5.38. The largest absolute Gasteiger partial charge is 0.481 e. The van der Waals surface area contributed by atoms with Gasteiger partial charge in [0.15, 0.2) is 0 Å². The quantitative estimate of drug-likeness (QED) is 0.399. The molecule has 0 saturated heterocycles. The molecule has 0 spiro atoms. The van der Waals surface area contributed by atoms with Crippen molar-refractivity contribution in [2.45, 2.75) is 39.5 Å². The number of nitrogens with one attached hydrogen (secondary N) is 1. The first-order chi connectivity index (χ1) is 10.8. The minimum atomic E-state index is -1.32. The molecular formula is C16H22N2O5. The standard InChI is InChI=1S/C16H22N2O5/c1-3-16(4-2,10-11-5-7-12(17)8-6-11)15(22)18-23-14(21)9-13(19)20/h5-8H,3-4,9-10,17H2,1-2H3,(H,18,22)(H,19,20). The minimum absolute atomic E-state index is 0.446. The summed E-state index contributed by atoms with van der Waals surface area (Å²) in [6.07, 6.45) is 0.735. The fourth-order valence-corrected chi connectivity index (χ4v) is 2.30. The fourth-order valence-electron chi connectivity index (χ4n) is 2.30. The number of anilines is 1. The number of nitrogen functional groups attached to an aromatic ring is 1. The number of aliphatic carboxylic acids is 1. The zero-order valence-corrected chi connectivity index (χ0v) is 13.3. The maximum atomic E-state index is 12.4. The van der Waals surface area contributed by atoms with Crippen LogP contribution in [0.5, 0.6) is 0 Å². The summed E-state index contributed by atoms with van der Waals surface area (Å²) in [6.45, 7) is 3.75. The van der Waals surface area contributed by atoms with Crippen molar-refractivity contribution in [2.75, 3.05) is 5.73 Å². The summed E-state index contributed by atoms with van der Waals surface area (Å²) in [5.41, 5.74) is 8.56. The van der Waals surface area contributed by atoms with Crippen LogP contribution in [0.2, 0.25) is 0 Å². The molecule has 0 heterocycles. The molecule has 23 heavy (non-hydrogen) atoms. The maximum Gasteiger partial charge on any atom is 0.343 e. The molecule has 0 aliphatic heterocycles. The summed E-state index contributed by atoms with van der Waals surface area (Å²) in [5, 5.41) is 8.49. The molecule has 1 amide bonds. The number of hydrogen-bond donors (Lipinski definition) is 3. The van der Waals surface area contributed by atoms with Gasteiger partial charge in [-0.2, -0.15) is 5.48 Å². The minimum Gasteiger partial charge on any atom is -0.481 e. The number of carbonyl (C=O) groups excluding carboxylic acids is 2. The number of rotatable bonds is 7. The van der Waals surface area contributed by atoms with Crippen molar-refractivity contribution in [1.82, 2.24) is 5.48 Å². The lowest BCUT2D eigenvalue weighted by molar-refractivity contribution is -0.165. The molecule has 7 nitrogen and oxygen atoms in total. The van der Waals surface area contributed by atoms with Crippen LogP contribution in [-0.4, -0.2) is 23.0 Å². The molecule has 0 unspecified atom stereocenters. The van der Waals surface area contributed by atoms with Gasteiger partial charge in [0, 0.05) is 5.69 Å². The van der Waals surface area contributed by atoms with E-state index in [0.717, 1.165) is 5.56 Å². The third kappa shape index (κ3) is 5.28. The topological polar surface area (TPSA) is 119 Å². The van der Waals surface area contributed by atoms with Crippen LogP contribution in [0.25, 0.3) is 0 Å². The van der Waals surface area contributed by atoms with Crippen LogP contribution in [-0.2, 0) is 25.6 Å². The highest BCUT2D eigenvalue weighted by Gasteiger charge is 2.36. The van der Waals surface area contributed by atoms with Crippen molar-refractivity contribution in [1.29, 1.82) is 0 Å². The van der Waals surface area contributed by atoms with Crippen molar-refractivity contribution >= 4 is 23.5 Å². The summed E-state index contributed by atoms with van der Waals surface area (Å²) < 4.78 is 0. The average molecular weight is 322 g/mol. The zero-order valence-electron chi connectivity index (χ0n) is 13.3. The molecule has 0 radical (unpaired) electrons. The van der Waals surface area contributed by atoms with Gasteiger partial charge in [0.1, 0.15) is 6.42 Å². The number of hydrogen-bond acceptors (Lipinski definition) is 5. The van der Waals surface area contributed by atoms with E-state index in [9.17, 15) is 14.4 Å². The highest BCUT2D eigenvalue weighted by atomic mass is 16.7. The van der Waals surface area contributed by atoms with Crippen molar-refractivity contribution in [3.8, 4) is 0 Å². The molecule has 1 rings (SSSR count). The molecule has 0 bridgehead atoms. The number of amides is 1. The van der Waals surface area contributed by atoms with Gasteiger partial charge < -0.3 is 15.7 Å². The summed E-state index contributed by atoms with van der Waals surface area (Å²) in [4.78, 5) is 38.6. The van der Waals surface area contributed by atoms with E-state index in [4.69, 9.17) is 10.8 Å². The lowest BCUT2D eigenvalue weighted by Gasteiger charge is -2.29. The van der Waals surface area contributed by atoms with E-state index >= 15 is 0 Å². The van der Waals surface area contributed by atoms with Crippen molar-refractivity contribution in [3.63, 3.8) is 0 Å². The van der Waals surface area contributed by atoms with Crippen LogP contribution in [0.4, 0.5) is 5.69 Å². The Hall–Kier alpha value is -2.57. The van der Waals surface area contributed by atoms with Crippen LogP contribution in [0.15, 0.2) is 24.3 Å². The van der Waals surface area contributed by atoms with Crippen LogP contribution < -0.4 is 11.2 Å². The number of hydroxylamine groups is 1. The highest BCUT2D eigenvalue weighted by Crippen LogP contribution is 2.31. The van der Waals surface area contributed by atoms with Gasteiger partial charge in [0.2, 0.25) is 0 Å². The molecule has 7 heteroatoms. The molecule has 0 aliphatic rings. The van der Waals surface area contributed by atoms with E-state index in [1.54, 1.807) is 12.1 Å². The molecule has 126 valence electrons. The van der Waals surface area contributed by atoms with Crippen LogP contribution in [0.3, 0.4) is 0 Å². The van der Waals surface area contributed by atoms with Crippen molar-refractivity contribution < 1.29 is 24.3 Å². The van der Waals surface area contributed by atoms with E-state index in [-0.39, 0.29) is 0 Å². The van der Waals surface area contributed by atoms with Gasteiger partial charge in [-0.3, -0.25) is 9.59 Å². The molecule has 0 fully saturated rings. The molecular weight excluding hydrogens is 300 g/mol. The predicted molar refractivity (Wildman–Crippen MR) is 84.1 cm³/mol. The molecule has 0 atom stereocenters. The van der Waals surface area contributed by atoms with E-state index < -0.39 is 29.7 Å². The Kier molecular flexibility index (Phi) is 6.56. The number of nitrogens with two attached hydrogens (primary N) is 1. The zero-order chi connectivity index (χ0) is 17.5. The number of carboxylic acids is 1. The van der Waals surface area contributed by atoms with Gasteiger partial charge in [-0.15, -0.1) is 0 Å². The molecule has 1 aromatic carbocycles. The summed E-state index contributed by atoms with van der Waals surface area (Å²) in [5.74, 6) is -2.78. The van der Waals surface area contributed by atoms with E-state index in [1.807, 2.05) is 26.0 Å². The Labute approximate surface area is 134 Å². The average Bonchev–Trinajstić information content (AvgIpc) is 2.51. The molecule has 0 aromatic heterocycles. The molecule has 1 aromatic rings. The number of benzene rings is 1. The molecule has 4 N–H and O–H groups in total. The van der Waals surface area contributed by atoms with Gasteiger partial charge in [-0.05, 0) is 37.0 Å². The fraction of sp³-hybridized carbons (Fsp3) is 0.438. The van der Waals surface area contributed by atoms with Gasteiger partial charge in [0.05, 0.1) is 5.41 Å². The monoisotopic (exact) mass is 322 g/mol. The first-order valence-electron chi connectivity index (χ1n) is 7.39. The molecule has 0 aliphatic carbocycles. The first kappa shape index (κ1) is 18.5. The van der Waals surface area contributed by atoms with Crippen LogP contribution in [0, 0.1) is 5.41 Å². The summed E-state index contributed by atoms with van der Waals surface area (Å²) in [6, 6.07) is 7.21. The number of carboxylic acid groups (broad SMARTS) is 1. The van der Waals surface area contributed by atoms with E-state index in [1.165, 1.54) is 0 Å². The third-order valence-electron chi connectivity index (χ3n) is 3.91. The van der Waals surface area contributed by atoms with E-state index in [0.29, 0.717) is 24.9 Å². The van der Waals surface area contributed by atoms with E-state index in [2.05, 4.69) is 10.3 Å². The Morgan fingerprint density at radius 1 is 1.17 bits per heavy atom. The first-order valence-corrected chi connectivity index (χ1v) is 7.39. The van der Waals surface area contributed by atoms with Gasteiger partial charge in [-0.1, -0.05) is 26.0 Å². The Morgan fingerprint density at radius 2 is 1.74 bits per heavy atom. The van der Waals surface area contributed by atoms with Crippen LogP contribution >= 0.6 is 0 Å².